The van der Waals surface area contributed by atoms with Gasteiger partial charge >= 0.3 is 0 Å². The first-order chi connectivity index (χ1) is 12.1. The zero-order valence-electron chi connectivity index (χ0n) is 14.2. The van der Waals surface area contributed by atoms with E-state index in [0.717, 1.165) is 37.1 Å². The number of hydrogen-bond donors (Lipinski definition) is 1. The Morgan fingerprint density at radius 2 is 1.76 bits per heavy atom. The van der Waals surface area contributed by atoms with Crippen LogP contribution in [0.1, 0.15) is 44.1 Å². The maximum Gasteiger partial charge on any atom is 0.227 e. The van der Waals surface area contributed by atoms with E-state index < -0.39 is 17.8 Å². The summed E-state index contributed by atoms with van der Waals surface area (Å²) in [7, 11) is 0. The molecule has 0 spiro atoms. The van der Waals surface area contributed by atoms with Crippen molar-refractivity contribution in [1.29, 1.82) is 0 Å². The Balaban J connectivity index is 1.56. The number of carbonyl (C=O) groups is 3. The SMILES string of the molecule is O=C(NCc1ccc(N2CCCC2=O)cc1)[C@H]1CCCC[C@H]1C(=O)[O-]. The van der Waals surface area contributed by atoms with Gasteiger partial charge < -0.3 is 20.1 Å². The molecule has 1 aliphatic carbocycles. The number of aliphatic carboxylic acids is 1. The second-order valence-electron chi connectivity index (χ2n) is 6.85. The molecule has 2 aliphatic rings. The van der Waals surface area contributed by atoms with Crippen molar-refractivity contribution in [3.63, 3.8) is 0 Å². The second-order valence-corrected chi connectivity index (χ2v) is 6.85. The number of rotatable bonds is 5. The lowest BCUT2D eigenvalue weighted by Crippen LogP contribution is -2.44. The molecule has 1 aliphatic heterocycles. The highest BCUT2D eigenvalue weighted by Gasteiger charge is 2.31. The van der Waals surface area contributed by atoms with E-state index in [0.29, 0.717) is 25.8 Å². The third-order valence-electron chi connectivity index (χ3n) is 5.19. The van der Waals surface area contributed by atoms with Crippen molar-refractivity contribution in [1.82, 2.24) is 5.32 Å². The van der Waals surface area contributed by atoms with Crippen molar-refractivity contribution in [2.45, 2.75) is 45.1 Å². The van der Waals surface area contributed by atoms with E-state index in [4.69, 9.17) is 0 Å². The number of carboxylic acids is 1. The van der Waals surface area contributed by atoms with E-state index in [1.165, 1.54) is 0 Å². The summed E-state index contributed by atoms with van der Waals surface area (Å²) in [6, 6.07) is 7.54. The summed E-state index contributed by atoms with van der Waals surface area (Å²) in [4.78, 5) is 37.1. The highest BCUT2D eigenvalue weighted by atomic mass is 16.4. The zero-order chi connectivity index (χ0) is 17.8. The average molecular weight is 343 g/mol. The molecular formula is C19H23N2O4-. The van der Waals surface area contributed by atoms with Gasteiger partial charge in [0.05, 0.1) is 0 Å². The fourth-order valence-electron chi connectivity index (χ4n) is 3.76. The van der Waals surface area contributed by atoms with Gasteiger partial charge in [-0.2, -0.15) is 0 Å². The van der Waals surface area contributed by atoms with Gasteiger partial charge in [-0.1, -0.05) is 25.0 Å². The van der Waals surface area contributed by atoms with Gasteiger partial charge in [0.1, 0.15) is 0 Å². The van der Waals surface area contributed by atoms with Crippen LogP contribution in [-0.2, 0) is 20.9 Å². The van der Waals surface area contributed by atoms with E-state index >= 15 is 0 Å². The predicted octanol–water partition coefficient (Wildman–Crippen LogP) is 0.986. The van der Waals surface area contributed by atoms with Gasteiger partial charge in [0.2, 0.25) is 11.8 Å². The summed E-state index contributed by atoms with van der Waals surface area (Å²) in [5, 5.41) is 14.1. The van der Waals surface area contributed by atoms with Crippen LogP contribution >= 0.6 is 0 Å². The number of nitrogens with one attached hydrogen (secondary N) is 1. The molecule has 6 nitrogen and oxygen atoms in total. The summed E-state index contributed by atoms with van der Waals surface area (Å²) in [6.07, 6.45) is 4.30. The maximum absolute atomic E-state index is 12.4. The monoisotopic (exact) mass is 343 g/mol. The van der Waals surface area contributed by atoms with Crippen LogP contribution in [0.15, 0.2) is 24.3 Å². The minimum atomic E-state index is -1.13. The summed E-state index contributed by atoms with van der Waals surface area (Å²) >= 11 is 0. The van der Waals surface area contributed by atoms with Gasteiger partial charge in [-0.05, 0) is 37.0 Å². The van der Waals surface area contributed by atoms with Crippen LogP contribution in [0.4, 0.5) is 5.69 Å². The molecule has 1 heterocycles. The van der Waals surface area contributed by atoms with Crippen LogP contribution in [0.3, 0.4) is 0 Å². The van der Waals surface area contributed by atoms with Crippen molar-refractivity contribution in [2.24, 2.45) is 11.8 Å². The van der Waals surface area contributed by atoms with Gasteiger partial charge in [-0.25, -0.2) is 0 Å². The van der Waals surface area contributed by atoms with Crippen LogP contribution in [0.5, 0.6) is 0 Å². The molecule has 2 fully saturated rings. The molecule has 0 aromatic heterocycles. The molecule has 2 amide bonds. The summed E-state index contributed by atoms with van der Waals surface area (Å²) < 4.78 is 0. The number of nitrogens with zero attached hydrogens (tertiary/aromatic N) is 1. The number of hydrogen-bond acceptors (Lipinski definition) is 4. The van der Waals surface area contributed by atoms with Crippen molar-refractivity contribution >= 4 is 23.5 Å². The average Bonchev–Trinajstić information content (AvgIpc) is 3.06. The van der Waals surface area contributed by atoms with Gasteiger partial charge in [0.15, 0.2) is 0 Å². The number of carboxylic acid groups (broad SMARTS) is 1. The predicted molar refractivity (Wildman–Crippen MR) is 90.3 cm³/mol. The summed E-state index contributed by atoms with van der Waals surface area (Å²) in [5.74, 6) is -2.38. The van der Waals surface area contributed by atoms with Crippen LogP contribution in [0, 0.1) is 11.8 Å². The lowest BCUT2D eigenvalue weighted by atomic mass is 9.78. The molecule has 3 rings (SSSR count). The van der Waals surface area contributed by atoms with E-state index in [9.17, 15) is 19.5 Å². The lowest BCUT2D eigenvalue weighted by molar-refractivity contribution is -0.314. The Hall–Kier alpha value is -2.37. The van der Waals surface area contributed by atoms with Gasteiger partial charge in [0.25, 0.3) is 0 Å². The largest absolute Gasteiger partial charge is 0.550 e. The Labute approximate surface area is 147 Å². The third kappa shape index (κ3) is 4.00. The van der Waals surface area contributed by atoms with Gasteiger partial charge in [-0.3, -0.25) is 9.59 Å². The Morgan fingerprint density at radius 1 is 1.08 bits per heavy atom. The fourth-order valence-corrected chi connectivity index (χ4v) is 3.76. The van der Waals surface area contributed by atoms with Crippen molar-refractivity contribution in [3.8, 4) is 0 Å². The molecule has 25 heavy (non-hydrogen) atoms. The highest BCUT2D eigenvalue weighted by molar-refractivity contribution is 5.95. The van der Waals surface area contributed by atoms with E-state index in [-0.39, 0.29) is 11.8 Å². The second kappa shape index (κ2) is 7.68. The summed E-state index contributed by atoms with van der Waals surface area (Å²) in [6.45, 7) is 1.10. The molecule has 1 saturated heterocycles. The van der Waals surface area contributed by atoms with Crippen LogP contribution in [0.25, 0.3) is 0 Å². The first-order valence-corrected chi connectivity index (χ1v) is 8.94. The molecule has 6 heteroatoms. The topological polar surface area (TPSA) is 89.5 Å². The van der Waals surface area contributed by atoms with Gasteiger partial charge in [0, 0.05) is 43.0 Å². The van der Waals surface area contributed by atoms with Crippen molar-refractivity contribution in [3.05, 3.63) is 29.8 Å². The Kier molecular flexibility index (Phi) is 5.36. The number of amides is 2. The minimum absolute atomic E-state index is 0.145. The molecule has 0 bridgehead atoms. The molecule has 1 N–H and O–H groups in total. The number of benzene rings is 1. The molecule has 0 radical (unpaired) electrons. The Bertz CT molecular complexity index is 656. The highest BCUT2D eigenvalue weighted by Crippen LogP contribution is 2.30. The first kappa shape index (κ1) is 17.5. The van der Waals surface area contributed by atoms with Crippen molar-refractivity contribution < 1.29 is 19.5 Å². The number of anilines is 1. The van der Waals surface area contributed by atoms with E-state index in [2.05, 4.69) is 5.32 Å². The van der Waals surface area contributed by atoms with Gasteiger partial charge in [-0.15, -0.1) is 0 Å². The minimum Gasteiger partial charge on any atom is -0.550 e. The van der Waals surface area contributed by atoms with Crippen LogP contribution in [-0.4, -0.2) is 24.3 Å². The maximum atomic E-state index is 12.4. The molecular weight excluding hydrogens is 320 g/mol. The molecule has 1 saturated carbocycles. The molecule has 1 aromatic rings. The molecule has 2 atom stereocenters. The van der Waals surface area contributed by atoms with E-state index in [1.54, 1.807) is 4.90 Å². The summed E-state index contributed by atoms with van der Waals surface area (Å²) in [5.41, 5.74) is 1.80. The normalized spacial score (nSPS) is 23.5. The smallest absolute Gasteiger partial charge is 0.227 e. The van der Waals surface area contributed by atoms with E-state index in [1.807, 2.05) is 24.3 Å². The standard InChI is InChI=1S/C19H24N2O4/c22-17-6-3-11-21(17)14-9-7-13(8-10-14)12-20-18(23)15-4-1-2-5-16(15)19(24)25/h7-10,15-16H,1-6,11-12H2,(H,20,23)(H,24,25)/p-1/t15-,16+/m0/s1. The third-order valence-corrected chi connectivity index (χ3v) is 5.19. The molecule has 0 unspecified atom stereocenters. The number of carbonyl (C=O) groups excluding carboxylic acids is 3. The molecule has 1 aromatic carbocycles. The fraction of sp³-hybridized carbons (Fsp3) is 0.526. The van der Waals surface area contributed by atoms with Crippen molar-refractivity contribution in [2.75, 3.05) is 11.4 Å². The lowest BCUT2D eigenvalue weighted by Gasteiger charge is -2.31. The zero-order valence-corrected chi connectivity index (χ0v) is 14.2. The van der Waals surface area contributed by atoms with Crippen LogP contribution in [0.2, 0.25) is 0 Å². The first-order valence-electron chi connectivity index (χ1n) is 8.94. The van der Waals surface area contributed by atoms with Crippen LogP contribution < -0.4 is 15.3 Å². The molecule has 134 valence electrons. The quantitative estimate of drug-likeness (QED) is 0.863. The Morgan fingerprint density at radius 3 is 2.36 bits per heavy atom.